The fourth-order valence-corrected chi connectivity index (χ4v) is 4.36. The number of H-pyrrole nitrogens is 1. The first-order valence-corrected chi connectivity index (χ1v) is 12.5. The summed E-state index contributed by atoms with van der Waals surface area (Å²) in [6.45, 7) is 5.37. The number of fused-ring (bicyclic) bond motifs is 3. The van der Waals surface area contributed by atoms with Crippen LogP contribution in [0.25, 0.3) is 32.9 Å². The number of methoxy groups -OCH3 is 1. The third-order valence-electron chi connectivity index (χ3n) is 5.76. The van der Waals surface area contributed by atoms with Crippen LogP contribution in [0.15, 0.2) is 35.4 Å². The molecule has 3 aromatic heterocycles. The van der Waals surface area contributed by atoms with Gasteiger partial charge in [0.2, 0.25) is 5.88 Å². The SMILES string of the molecule is COc1ncc(C)c(-c2ccc3c(c2)[nH]c(=O)c2cnn([C@H]4CCOC4)c23)c1C.CS(=O)(=O)O. The third-order valence-corrected chi connectivity index (χ3v) is 5.76. The number of ether oxygens (including phenoxy) is 2. The number of pyridine rings is 2. The van der Waals surface area contributed by atoms with Crippen LogP contribution in [0.5, 0.6) is 5.88 Å². The Morgan fingerprint density at radius 2 is 1.97 bits per heavy atom. The van der Waals surface area contributed by atoms with Gasteiger partial charge in [0.1, 0.15) is 0 Å². The lowest BCUT2D eigenvalue weighted by atomic mass is 9.96. The summed E-state index contributed by atoms with van der Waals surface area (Å²) < 4.78 is 38.7. The van der Waals surface area contributed by atoms with E-state index in [2.05, 4.69) is 27.2 Å². The average Bonchev–Trinajstić information content (AvgIpc) is 3.43. The number of nitrogens with one attached hydrogen (secondary N) is 1. The first-order valence-electron chi connectivity index (χ1n) is 10.6. The van der Waals surface area contributed by atoms with Gasteiger partial charge in [0.25, 0.3) is 15.7 Å². The molecule has 1 atom stereocenters. The Hall–Kier alpha value is -3.28. The molecular weight excluding hydrogens is 460 g/mol. The van der Waals surface area contributed by atoms with E-state index in [1.54, 1.807) is 13.3 Å². The minimum atomic E-state index is -3.67. The highest BCUT2D eigenvalue weighted by Gasteiger charge is 2.22. The zero-order valence-electron chi connectivity index (χ0n) is 19.3. The van der Waals surface area contributed by atoms with Crippen molar-refractivity contribution in [2.45, 2.75) is 26.3 Å². The second kappa shape index (κ2) is 9.16. The van der Waals surface area contributed by atoms with Crippen molar-refractivity contribution in [1.82, 2.24) is 19.7 Å². The number of aromatic nitrogens is 4. The molecule has 34 heavy (non-hydrogen) atoms. The maximum absolute atomic E-state index is 12.7. The van der Waals surface area contributed by atoms with E-state index in [9.17, 15) is 13.2 Å². The predicted molar refractivity (Wildman–Crippen MR) is 129 cm³/mol. The minimum Gasteiger partial charge on any atom is -0.481 e. The Kier molecular flexibility index (Phi) is 6.43. The number of hydrogen-bond acceptors (Lipinski definition) is 7. The molecule has 0 amide bonds. The number of hydrogen-bond donors (Lipinski definition) is 2. The maximum atomic E-state index is 12.7. The van der Waals surface area contributed by atoms with E-state index in [0.29, 0.717) is 24.1 Å². The average molecular weight is 487 g/mol. The quantitative estimate of drug-likeness (QED) is 0.422. The van der Waals surface area contributed by atoms with E-state index in [1.165, 1.54) is 0 Å². The van der Waals surface area contributed by atoms with E-state index in [1.807, 2.05) is 30.8 Å². The van der Waals surface area contributed by atoms with Crippen LogP contribution in [0, 0.1) is 13.8 Å². The monoisotopic (exact) mass is 486 g/mol. The molecular formula is C23H26N4O6S. The van der Waals surface area contributed by atoms with Crippen LogP contribution in [0.3, 0.4) is 0 Å². The maximum Gasteiger partial charge on any atom is 0.261 e. The van der Waals surface area contributed by atoms with Gasteiger partial charge in [-0.3, -0.25) is 14.0 Å². The number of rotatable bonds is 3. The van der Waals surface area contributed by atoms with Crippen molar-refractivity contribution in [2.75, 3.05) is 26.6 Å². The lowest BCUT2D eigenvalue weighted by molar-refractivity contribution is 0.185. The zero-order chi connectivity index (χ0) is 24.6. The molecule has 0 radical (unpaired) electrons. The van der Waals surface area contributed by atoms with Crippen LogP contribution in [-0.2, 0) is 14.9 Å². The van der Waals surface area contributed by atoms with Gasteiger partial charge in [-0.2, -0.15) is 13.5 Å². The smallest absolute Gasteiger partial charge is 0.261 e. The molecule has 4 aromatic rings. The standard InChI is InChI=1S/C22H22N4O3.CH4O3S/c1-12-9-23-22(28-3)13(2)19(12)14-4-5-16-18(8-14)25-21(27)17-10-24-26(20(16)17)15-6-7-29-11-15;1-5(2,3)4/h4-5,8-10,15H,6-7,11H2,1-3H3,(H,25,27);1H3,(H,2,3,4)/t15-;/m0./s1. The molecule has 1 aliphatic heterocycles. The fraction of sp³-hybridized carbons (Fsp3) is 0.348. The Morgan fingerprint density at radius 1 is 1.24 bits per heavy atom. The van der Waals surface area contributed by atoms with Gasteiger partial charge in [0.05, 0.1) is 48.6 Å². The summed E-state index contributed by atoms with van der Waals surface area (Å²) in [7, 11) is -2.04. The molecule has 1 fully saturated rings. The lowest BCUT2D eigenvalue weighted by Crippen LogP contribution is -2.12. The number of benzene rings is 1. The molecule has 10 nitrogen and oxygen atoms in total. The van der Waals surface area contributed by atoms with Gasteiger partial charge in [0.15, 0.2) is 0 Å². The largest absolute Gasteiger partial charge is 0.481 e. The predicted octanol–water partition coefficient (Wildman–Crippen LogP) is 3.03. The van der Waals surface area contributed by atoms with Crippen molar-refractivity contribution >= 4 is 31.9 Å². The first-order chi connectivity index (χ1) is 16.1. The van der Waals surface area contributed by atoms with Crippen LogP contribution in [0.2, 0.25) is 0 Å². The molecule has 0 unspecified atom stereocenters. The van der Waals surface area contributed by atoms with Gasteiger partial charge >= 0.3 is 0 Å². The Labute approximate surface area is 196 Å². The minimum absolute atomic E-state index is 0.129. The summed E-state index contributed by atoms with van der Waals surface area (Å²) >= 11 is 0. The van der Waals surface area contributed by atoms with Crippen LogP contribution in [-0.4, -0.2) is 59.3 Å². The molecule has 5 rings (SSSR count). The Bertz CT molecular complexity index is 1530. The van der Waals surface area contributed by atoms with Gasteiger partial charge in [-0.15, -0.1) is 0 Å². The molecule has 0 spiro atoms. The van der Waals surface area contributed by atoms with Gasteiger partial charge in [-0.25, -0.2) is 4.98 Å². The number of aryl methyl sites for hydroxylation is 1. The summed E-state index contributed by atoms with van der Waals surface area (Å²) in [5, 5.41) is 6.09. The van der Waals surface area contributed by atoms with Gasteiger partial charge in [-0.1, -0.05) is 12.1 Å². The Balaban J connectivity index is 0.000000499. The second-order valence-electron chi connectivity index (χ2n) is 8.27. The summed E-state index contributed by atoms with van der Waals surface area (Å²) in [5.74, 6) is 0.606. The van der Waals surface area contributed by atoms with Crippen molar-refractivity contribution in [3.8, 4) is 17.0 Å². The molecule has 1 saturated heterocycles. The van der Waals surface area contributed by atoms with Gasteiger partial charge < -0.3 is 14.5 Å². The highest BCUT2D eigenvalue weighted by atomic mass is 32.2. The van der Waals surface area contributed by atoms with Crippen LogP contribution >= 0.6 is 0 Å². The van der Waals surface area contributed by atoms with Crippen molar-refractivity contribution in [3.05, 3.63) is 52.1 Å². The van der Waals surface area contributed by atoms with Gasteiger partial charge in [0, 0.05) is 23.8 Å². The van der Waals surface area contributed by atoms with Crippen LogP contribution < -0.4 is 10.3 Å². The lowest BCUT2D eigenvalue weighted by Gasteiger charge is -2.14. The van der Waals surface area contributed by atoms with Gasteiger partial charge in [-0.05, 0) is 43.0 Å². The third kappa shape index (κ3) is 4.67. The Morgan fingerprint density at radius 3 is 2.62 bits per heavy atom. The molecule has 1 aromatic carbocycles. The van der Waals surface area contributed by atoms with Crippen molar-refractivity contribution in [2.24, 2.45) is 0 Å². The van der Waals surface area contributed by atoms with E-state index in [4.69, 9.17) is 14.0 Å². The molecule has 0 aliphatic carbocycles. The molecule has 0 bridgehead atoms. The van der Waals surface area contributed by atoms with E-state index >= 15 is 0 Å². The summed E-state index contributed by atoms with van der Waals surface area (Å²) in [6.07, 6.45) is 5.08. The van der Waals surface area contributed by atoms with E-state index < -0.39 is 10.1 Å². The van der Waals surface area contributed by atoms with E-state index in [0.717, 1.165) is 51.7 Å². The molecule has 0 saturated carbocycles. The molecule has 11 heteroatoms. The van der Waals surface area contributed by atoms with Crippen LogP contribution in [0.4, 0.5) is 0 Å². The fourth-order valence-electron chi connectivity index (χ4n) is 4.36. The van der Waals surface area contributed by atoms with Crippen molar-refractivity contribution < 1.29 is 22.4 Å². The summed E-state index contributed by atoms with van der Waals surface area (Å²) in [6, 6.07) is 6.32. The number of nitrogens with zero attached hydrogens (tertiary/aromatic N) is 3. The second-order valence-corrected chi connectivity index (χ2v) is 9.73. The molecule has 2 N–H and O–H groups in total. The first kappa shape index (κ1) is 23.9. The highest BCUT2D eigenvalue weighted by molar-refractivity contribution is 7.85. The zero-order valence-corrected chi connectivity index (χ0v) is 20.1. The topological polar surface area (TPSA) is 136 Å². The number of aromatic amines is 1. The van der Waals surface area contributed by atoms with Crippen LogP contribution in [0.1, 0.15) is 23.6 Å². The summed E-state index contributed by atoms with van der Waals surface area (Å²) in [5.41, 5.74) is 5.64. The molecule has 4 heterocycles. The normalized spacial score (nSPS) is 16.0. The molecule has 180 valence electrons. The van der Waals surface area contributed by atoms with E-state index in [-0.39, 0.29) is 11.6 Å². The summed E-state index contributed by atoms with van der Waals surface area (Å²) in [4.78, 5) is 20.1. The molecule has 1 aliphatic rings. The highest BCUT2D eigenvalue weighted by Crippen LogP contribution is 2.34. The van der Waals surface area contributed by atoms with Crippen molar-refractivity contribution in [1.29, 1.82) is 0 Å². The van der Waals surface area contributed by atoms with Crippen molar-refractivity contribution in [3.63, 3.8) is 0 Å².